The standard InChI is InChI=1S/C14H14N2O3/c1-9(8-12(17)18)16-14(19)13-11-5-3-2-4-10(11)6-7-15-13/h2-7,9H,8H2,1H3,(H,16,19)(H,17,18). The molecule has 0 aliphatic carbocycles. The average molecular weight is 258 g/mol. The zero-order valence-corrected chi connectivity index (χ0v) is 10.5. The molecule has 0 spiro atoms. The maximum absolute atomic E-state index is 12.1. The van der Waals surface area contributed by atoms with Crippen molar-refractivity contribution in [3.8, 4) is 0 Å². The smallest absolute Gasteiger partial charge is 0.305 e. The van der Waals surface area contributed by atoms with Crippen molar-refractivity contribution in [1.29, 1.82) is 0 Å². The van der Waals surface area contributed by atoms with Gasteiger partial charge in [0.2, 0.25) is 0 Å². The third-order valence-electron chi connectivity index (χ3n) is 2.75. The summed E-state index contributed by atoms with van der Waals surface area (Å²) in [7, 11) is 0. The molecule has 1 aromatic carbocycles. The van der Waals surface area contributed by atoms with Gasteiger partial charge in [-0.15, -0.1) is 0 Å². The van der Waals surface area contributed by atoms with Gasteiger partial charge in [-0.25, -0.2) is 0 Å². The number of nitrogens with one attached hydrogen (secondary N) is 1. The fourth-order valence-electron chi connectivity index (χ4n) is 1.91. The number of carboxylic acids is 1. The van der Waals surface area contributed by atoms with Crippen LogP contribution in [0.5, 0.6) is 0 Å². The number of carbonyl (C=O) groups is 2. The Morgan fingerprint density at radius 1 is 1.32 bits per heavy atom. The van der Waals surface area contributed by atoms with Gasteiger partial charge >= 0.3 is 5.97 Å². The Bertz CT molecular complexity index is 620. The van der Waals surface area contributed by atoms with E-state index >= 15 is 0 Å². The van der Waals surface area contributed by atoms with Crippen molar-refractivity contribution in [3.63, 3.8) is 0 Å². The number of hydrogen-bond donors (Lipinski definition) is 2. The molecule has 0 fully saturated rings. The molecule has 2 rings (SSSR count). The second-order valence-corrected chi connectivity index (χ2v) is 4.35. The van der Waals surface area contributed by atoms with Crippen molar-refractivity contribution in [2.75, 3.05) is 0 Å². The van der Waals surface area contributed by atoms with Crippen LogP contribution in [-0.2, 0) is 4.79 Å². The van der Waals surface area contributed by atoms with Crippen LogP contribution < -0.4 is 5.32 Å². The van der Waals surface area contributed by atoms with E-state index < -0.39 is 12.0 Å². The molecule has 1 amide bonds. The van der Waals surface area contributed by atoms with E-state index in [1.165, 1.54) is 0 Å². The van der Waals surface area contributed by atoms with Gasteiger partial charge in [-0.05, 0) is 18.4 Å². The van der Waals surface area contributed by atoms with E-state index in [-0.39, 0.29) is 12.3 Å². The highest BCUT2D eigenvalue weighted by Crippen LogP contribution is 2.16. The predicted octanol–water partition coefficient (Wildman–Crippen LogP) is 1.83. The van der Waals surface area contributed by atoms with Crippen LogP contribution in [0.25, 0.3) is 10.8 Å². The molecule has 5 nitrogen and oxygen atoms in total. The van der Waals surface area contributed by atoms with Gasteiger partial charge in [0, 0.05) is 17.6 Å². The minimum atomic E-state index is -0.946. The Hall–Kier alpha value is -2.43. The molecule has 2 aromatic rings. The summed E-state index contributed by atoms with van der Waals surface area (Å²) in [5, 5.41) is 13.0. The van der Waals surface area contributed by atoms with Gasteiger partial charge < -0.3 is 10.4 Å². The number of amides is 1. The Morgan fingerprint density at radius 2 is 2.05 bits per heavy atom. The van der Waals surface area contributed by atoms with Gasteiger partial charge in [0.05, 0.1) is 6.42 Å². The lowest BCUT2D eigenvalue weighted by atomic mass is 10.1. The molecule has 0 bridgehead atoms. The first-order chi connectivity index (χ1) is 9.08. The number of hydrogen-bond acceptors (Lipinski definition) is 3. The van der Waals surface area contributed by atoms with Crippen LogP contribution in [0.4, 0.5) is 0 Å². The topological polar surface area (TPSA) is 79.3 Å². The van der Waals surface area contributed by atoms with Gasteiger partial charge in [-0.3, -0.25) is 14.6 Å². The molecule has 1 aromatic heterocycles. The van der Waals surface area contributed by atoms with E-state index in [9.17, 15) is 9.59 Å². The number of pyridine rings is 1. The molecule has 2 N–H and O–H groups in total. The molecule has 0 saturated heterocycles. The third kappa shape index (κ3) is 3.07. The van der Waals surface area contributed by atoms with Crippen molar-refractivity contribution in [3.05, 3.63) is 42.2 Å². The number of rotatable bonds is 4. The van der Waals surface area contributed by atoms with Crippen LogP contribution in [0, 0.1) is 0 Å². The highest BCUT2D eigenvalue weighted by molar-refractivity contribution is 6.05. The van der Waals surface area contributed by atoms with Gasteiger partial charge in [0.15, 0.2) is 0 Å². The summed E-state index contributed by atoms with van der Waals surface area (Å²) in [4.78, 5) is 26.7. The van der Waals surface area contributed by atoms with E-state index in [1.54, 1.807) is 13.1 Å². The summed E-state index contributed by atoms with van der Waals surface area (Å²) >= 11 is 0. The maximum Gasteiger partial charge on any atom is 0.305 e. The van der Waals surface area contributed by atoms with Crippen molar-refractivity contribution in [1.82, 2.24) is 10.3 Å². The minimum absolute atomic E-state index is 0.115. The Labute approximate surface area is 110 Å². The molecule has 1 atom stereocenters. The Morgan fingerprint density at radius 3 is 2.79 bits per heavy atom. The molecule has 0 aliphatic heterocycles. The van der Waals surface area contributed by atoms with Crippen LogP contribution in [0.2, 0.25) is 0 Å². The number of carboxylic acid groups (broad SMARTS) is 1. The van der Waals surface area contributed by atoms with Gasteiger partial charge in [0.25, 0.3) is 5.91 Å². The van der Waals surface area contributed by atoms with Crippen molar-refractivity contribution in [2.45, 2.75) is 19.4 Å². The van der Waals surface area contributed by atoms with Gasteiger partial charge in [0.1, 0.15) is 5.69 Å². The lowest BCUT2D eigenvalue weighted by Gasteiger charge is -2.12. The number of fused-ring (bicyclic) bond motifs is 1. The first-order valence-corrected chi connectivity index (χ1v) is 5.94. The monoisotopic (exact) mass is 258 g/mol. The molecular formula is C14H14N2O3. The van der Waals surface area contributed by atoms with Crippen molar-refractivity contribution < 1.29 is 14.7 Å². The quantitative estimate of drug-likeness (QED) is 0.876. The fraction of sp³-hybridized carbons (Fsp3) is 0.214. The normalized spacial score (nSPS) is 12.1. The van der Waals surface area contributed by atoms with E-state index in [0.717, 1.165) is 10.8 Å². The summed E-state index contributed by atoms with van der Waals surface area (Å²) in [6, 6.07) is 8.82. The van der Waals surface area contributed by atoms with E-state index in [0.29, 0.717) is 5.69 Å². The summed E-state index contributed by atoms with van der Waals surface area (Å²) in [6.45, 7) is 1.65. The first kappa shape index (κ1) is 13.0. The molecule has 0 saturated carbocycles. The molecule has 1 unspecified atom stereocenters. The van der Waals surface area contributed by atoms with Gasteiger partial charge in [-0.2, -0.15) is 0 Å². The number of benzene rings is 1. The zero-order valence-electron chi connectivity index (χ0n) is 10.5. The lowest BCUT2D eigenvalue weighted by molar-refractivity contribution is -0.137. The fourth-order valence-corrected chi connectivity index (χ4v) is 1.91. The third-order valence-corrected chi connectivity index (χ3v) is 2.75. The molecule has 0 aliphatic rings. The van der Waals surface area contributed by atoms with Crippen molar-refractivity contribution >= 4 is 22.6 Å². The zero-order chi connectivity index (χ0) is 13.8. The first-order valence-electron chi connectivity index (χ1n) is 5.94. The highest BCUT2D eigenvalue weighted by atomic mass is 16.4. The molecule has 5 heteroatoms. The highest BCUT2D eigenvalue weighted by Gasteiger charge is 2.15. The average Bonchev–Trinajstić information content (AvgIpc) is 2.36. The van der Waals surface area contributed by atoms with E-state index in [4.69, 9.17) is 5.11 Å². The number of aliphatic carboxylic acids is 1. The van der Waals surface area contributed by atoms with Crippen LogP contribution in [0.3, 0.4) is 0 Å². The van der Waals surface area contributed by atoms with Gasteiger partial charge in [-0.1, -0.05) is 24.3 Å². The molecule has 98 valence electrons. The second-order valence-electron chi connectivity index (χ2n) is 4.35. The van der Waals surface area contributed by atoms with Crippen molar-refractivity contribution in [2.24, 2.45) is 0 Å². The predicted molar refractivity (Wildman–Crippen MR) is 70.9 cm³/mol. The number of aromatic nitrogens is 1. The Kier molecular flexibility index (Phi) is 3.75. The number of nitrogens with zero attached hydrogens (tertiary/aromatic N) is 1. The SMILES string of the molecule is CC(CC(=O)O)NC(=O)c1nccc2ccccc12. The molecule has 1 heterocycles. The van der Waals surface area contributed by atoms with E-state index in [1.807, 2.05) is 30.3 Å². The lowest BCUT2D eigenvalue weighted by Crippen LogP contribution is -2.34. The van der Waals surface area contributed by atoms with Crippen LogP contribution in [0.15, 0.2) is 36.5 Å². The summed E-state index contributed by atoms with van der Waals surface area (Å²) in [5.41, 5.74) is 0.315. The number of carbonyl (C=O) groups excluding carboxylic acids is 1. The Balaban J connectivity index is 2.24. The van der Waals surface area contributed by atoms with Crippen LogP contribution in [0.1, 0.15) is 23.8 Å². The minimum Gasteiger partial charge on any atom is -0.481 e. The van der Waals surface area contributed by atoms with E-state index in [2.05, 4.69) is 10.3 Å². The summed E-state index contributed by atoms with van der Waals surface area (Å²) in [6.07, 6.45) is 1.45. The second kappa shape index (κ2) is 5.48. The molecule has 19 heavy (non-hydrogen) atoms. The molecular weight excluding hydrogens is 244 g/mol. The summed E-state index contributed by atoms with van der Waals surface area (Å²) in [5.74, 6) is -1.30. The van der Waals surface area contributed by atoms with Crippen LogP contribution in [-0.4, -0.2) is 28.0 Å². The van der Waals surface area contributed by atoms with Crippen LogP contribution >= 0.6 is 0 Å². The molecule has 0 radical (unpaired) electrons. The summed E-state index contributed by atoms with van der Waals surface area (Å²) < 4.78 is 0. The maximum atomic E-state index is 12.1. The largest absolute Gasteiger partial charge is 0.481 e.